The molecular formula is C69H47N5OSi. The van der Waals surface area contributed by atoms with Gasteiger partial charge in [-0.25, -0.2) is 0 Å². The molecular weight excluding hydrogens is 943 g/mol. The monoisotopic (exact) mass is 989 g/mol. The zero-order chi connectivity index (χ0) is 50.1. The molecule has 3 aliphatic rings. The molecule has 0 unspecified atom stereocenters. The number of rotatable bonds is 5. The molecule has 0 saturated heterocycles. The minimum absolute atomic E-state index is 0.908. The van der Waals surface area contributed by atoms with Gasteiger partial charge >= 0.3 is 0 Å². The molecule has 0 spiro atoms. The van der Waals surface area contributed by atoms with Crippen LogP contribution in [0.4, 0.5) is 34.1 Å². The number of aromatic nitrogens is 3. The number of hydrogen-bond acceptors (Lipinski definition) is 3. The Morgan fingerprint density at radius 2 is 0.553 bits per heavy atom. The molecule has 6 heterocycles. The molecule has 3 aliphatic heterocycles. The van der Waals surface area contributed by atoms with Crippen LogP contribution in [0.5, 0.6) is 11.5 Å². The predicted octanol–water partition coefficient (Wildman–Crippen LogP) is 16.4. The van der Waals surface area contributed by atoms with E-state index in [0.717, 1.165) is 73.4 Å². The SMILES string of the molecule is Cc1ccc(N2c3cc(-n4c5ccccc5c5ccccc54)cc4c3[Si]3(C)c5c(cc(-n6c7ccccc7c7ccccc76)cc5N(c5ccc(C)cc5)c5cc(-n6c7ccccc7c7ccccc76)cc2c53)O4)cc1. The van der Waals surface area contributed by atoms with Crippen LogP contribution in [-0.4, -0.2) is 21.8 Å². The summed E-state index contributed by atoms with van der Waals surface area (Å²) in [7, 11) is -3.06. The third-order valence-corrected chi connectivity index (χ3v) is 21.5. The molecule has 7 heteroatoms. The van der Waals surface area contributed by atoms with Gasteiger partial charge in [0.25, 0.3) is 0 Å². The van der Waals surface area contributed by atoms with Crippen molar-refractivity contribution >= 4 is 123 Å². The average Bonchev–Trinajstić information content (AvgIpc) is 4.21. The Hall–Kier alpha value is -9.56. The van der Waals surface area contributed by atoms with Crippen molar-refractivity contribution in [3.8, 4) is 28.6 Å². The van der Waals surface area contributed by atoms with E-state index in [-0.39, 0.29) is 0 Å². The van der Waals surface area contributed by atoms with Crippen molar-refractivity contribution in [1.82, 2.24) is 13.7 Å². The molecule has 0 N–H and O–H groups in total. The van der Waals surface area contributed by atoms with Crippen molar-refractivity contribution in [3.63, 3.8) is 0 Å². The van der Waals surface area contributed by atoms with E-state index in [4.69, 9.17) is 4.74 Å². The first kappa shape index (κ1) is 41.9. The maximum Gasteiger partial charge on any atom is 0.165 e. The van der Waals surface area contributed by atoms with Gasteiger partial charge in [0.2, 0.25) is 0 Å². The predicted molar refractivity (Wildman–Crippen MR) is 319 cm³/mol. The van der Waals surface area contributed by atoms with Crippen molar-refractivity contribution in [1.29, 1.82) is 0 Å². The Labute approximate surface area is 439 Å². The van der Waals surface area contributed by atoms with Crippen LogP contribution in [0, 0.1) is 13.8 Å². The summed E-state index contributed by atoms with van der Waals surface area (Å²) in [5.41, 5.74) is 19.5. The number of hydrogen-bond donors (Lipinski definition) is 0. The normalized spacial score (nSPS) is 13.9. The summed E-state index contributed by atoms with van der Waals surface area (Å²) < 4.78 is 15.2. The Bertz CT molecular complexity index is 4450. The Kier molecular flexibility index (Phi) is 8.28. The molecule has 76 heavy (non-hydrogen) atoms. The lowest BCUT2D eigenvalue weighted by molar-refractivity contribution is 0.486. The van der Waals surface area contributed by atoms with Gasteiger partial charge in [0.05, 0.1) is 72.9 Å². The summed E-state index contributed by atoms with van der Waals surface area (Å²) in [5, 5.41) is 11.3. The summed E-state index contributed by atoms with van der Waals surface area (Å²) in [5.74, 6) is 1.82. The minimum atomic E-state index is -3.06. The Balaban J connectivity index is 1.06. The summed E-state index contributed by atoms with van der Waals surface area (Å²) in [4.78, 5) is 5.14. The van der Waals surface area contributed by atoms with Crippen LogP contribution in [-0.2, 0) is 0 Å². The van der Waals surface area contributed by atoms with Gasteiger partial charge in [0, 0.05) is 66.2 Å². The van der Waals surface area contributed by atoms with Crippen LogP contribution in [0.3, 0.4) is 0 Å². The molecule has 0 atom stereocenters. The highest BCUT2D eigenvalue weighted by atomic mass is 28.3. The molecule has 17 rings (SSSR count). The van der Waals surface area contributed by atoms with Crippen molar-refractivity contribution in [2.45, 2.75) is 20.4 Å². The zero-order valence-electron chi connectivity index (χ0n) is 42.1. The molecule has 0 fully saturated rings. The maximum atomic E-state index is 7.78. The summed E-state index contributed by atoms with van der Waals surface area (Å²) in [6.07, 6.45) is 0. The molecule has 0 bridgehead atoms. The van der Waals surface area contributed by atoms with Gasteiger partial charge in [-0.2, -0.15) is 0 Å². The minimum Gasteiger partial charge on any atom is -0.457 e. The second kappa shape index (κ2) is 15.0. The molecule has 3 aromatic heterocycles. The fourth-order valence-electron chi connectivity index (χ4n) is 13.8. The van der Waals surface area contributed by atoms with Gasteiger partial charge in [0.1, 0.15) is 11.5 Å². The maximum absolute atomic E-state index is 7.78. The summed E-state index contributed by atoms with van der Waals surface area (Å²) in [6.45, 7) is 6.97. The van der Waals surface area contributed by atoms with Gasteiger partial charge in [-0.3, -0.25) is 0 Å². The van der Waals surface area contributed by atoms with Gasteiger partial charge in [-0.1, -0.05) is 151 Å². The first-order valence-corrected chi connectivity index (χ1v) is 28.8. The van der Waals surface area contributed by atoms with Crippen LogP contribution in [0.25, 0.3) is 82.5 Å². The molecule has 358 valence electrons. The lowest BCUT2D eigenvalue weighted by Crippen LogP contribution is -2.73. The second-order valence-corrected chi connectivity index (χ2v) is 25.0. The van der Waals surface area contributed by atoms with Crippen LogP contribution in [0.2, 0.25) is 6.55 Å². The summed E-state index contributed by atoms with van der Waals surface area (Å²) >= 11 is 0. The van der Waals surface area contributed by atoms with Crippen LogP contribution in [0.1, 0.15) is 11.1 Å². The first-order valence-electron chi connectivity index (χ1n) is 26.3. The number of anilines is 6. The number of nitrogens with zero attached hydrogens (tertiary/aromatic N) is 5. The topological polar surface area (TPSA) is 30.5 Å². The molecule has 0 radical (unpaired) electrons. The fourth-order valence-corrected chi connectivity index (χ4v) is 18.6. The van der Waals surface area contributed by atoms with E-state index < -0.39 is 8.07 Å². The second-order valence-electron chi connectivity index (χ2n) is 21.2. The highest BCUT2D eigenvalue weighted by molar-refractivity contribution is 7.15. The number of fused-ring (bicyclic) bond motifs is 9. The van der Waals surface area contributed by atoms with Crippen LogP contribution >= 0.6 is 0 Å². The summed E-state index contributed by atoms with van der Waals surface area (Å²) in [6, 6.07) is 86.0. The standard InChI is InChI=1S/C69H47N5OSi/c1-42-28-32-44(33-29-42)70-61-36-46(72-55-22-10-4-16-49(55)50-17-5-11-23-56(50)72)37-62-67(61)76(3)68-63(70)38-47(73-57-24-12-6-18-51(57)52-19-7-13-25-58(52)73)40-65(68)75-66-41-48(39-64(69(66)76)71(62)45-34-30-43(2)31-35-45)74-59-26-14-8-20-53(59)54-21-9-15-27-60(54)74/h4-41H,1-3H3. The molecule has 6 nitrogen and oxygen atoms in total. The van der Waals surface area contributed by atoms with Crippen molar-refractivity contribution in [2.75, 3.05) is 9.80 Å². The molecule has 14 aromatic rings. The number of para-hydroxylation sites is 6. The van der Waals surface area contributed by atoms with Crippen LogP contribution < -0.4 is 30.1 Å². The van der Waals surface area contributed by atoms with E-state index in [1.807, 2.05) is 0 Å². The lowest BCUT2D eigenvalue weighted by Gasteiger charge is -2.52. The van der Waals surface area contributed by atoms with E-state index in [1.54, 1.807) is 0 Å². The van der Waals surface area contributed by atoms with Gasteiger partial charge < -0.3 is 28.2 Å². The lowest BCUT2D eigenvalue weighted by atomic mass is 10.1. The third kappa shape index (κ3) is 5.43. The number of aryl methyl sites for hydroxylation is 2. The zero-order valence-corrected chi connectivity index (χ0v) is 43.1. The van der Waals surface area contributed by atoms with Crippen molar-refractivity contribution in [2.24, 2.45) is 0 Å². The van der Waals surface area contributed by atoms with Gasteiger partial charge in [0.15, 0.2) is 8.07 Å². The Morgan fingerprint density at radius 1 is 0.289 bits per heavy atom. The van der Waals surface area contributed by atoms with Crippen LogP contribution in [0.15, 0.2) is 231 Å². The van der Waals surface area contributed by atoms with Crippen molar-refractivity contribution < 1.29 is 4.74 Å². The van der Waals surface area contributed by atoms with E-state index in [0.29, 0.717) is 0 Å². The molecule has 0 saturated carbocycles. The van der Waals surface area contributed by atoms with E-state index >= 15 is 0 Å². The highest BCUT2D eigenvalue weighted by Crippen LogP contribution is 2.54. The van der Waals surface area contributed by atoms with Gasteiger partial charge in [-0.05, 0) is 104 Å². The molecule has 11 aromatic carbocycles. The van der Waals surface area contributed by atoms with E-state index in [1.165, 1.54) is 81.4 Å². The largest absolute Gasteiger partial charge is 0.457 e. The molecule has 0 aliphatic carbocycles. The smallest absolute Gasteiger partial charge is 0.165 e. The quantitative estimate of drug-likeness (QED) is 0.161. The number of benzene rings is 11. The molecule has 0 amide bonds. The van der Waals surface area contributed by atoms with E-state index in [2.05, 4.69) is 274 Å². The Morgan fingerprint density at radius 3 is 0.855 bits per heavy atom. The van der Waals surface area contributed by atoms with Crippen molar-refractivity contribution in [3.05, 3.63) is 242 Å². The average molecular weight is 990 g/mol. The van der Waals surface area contributed by atoms with Gasteiger partial charge in [-0.15, -0.1) is 0 Å². The highest BCUT2D eigenvalue weighted by Gasteiger charge is 2.56. The fraction of sp³-hybridized carbons (Fsp3) is 0.0435. The van der Waals surface area contributed by atoms with E-state index in [9.17, 15) is 0 Å². The number of ether oxygens (including phenoxy) is 1. The third-order valence-electron chi connectivity index (χ3n) is 17.0. The first-order chi connectivity index (χ1) is 37.4.